The van der Waals surface area contributed by atoms with Crippen LogP contribution in [0.4, 0.5) is 0 Å². The molecule has 1 amide bonds. The number of ether oxygens (including phenoxy) is 1. The van der Waals surface area contributed by atoms with E-state index in [-0.39, 0.29) is 11.9 Å². The summed E-state index contributed by atoms with van der Waals surface area (Å²) < 4.78 is 5.95. The minimum Gasteiger partial charge on any atom is -0.457 e. The molecule has 3 aromatic carbocycles. The molecule has 1 aromatic heterocycles. The molecule has 0 fully saturated rings. The molecule has 0 aliphatic rings. The Morgan fingerprint density at radius 3 is 2.46 bits per heavy atom. The lowest BCUT2D eigenvalue weighted by molar-refractivity contribution is 0.0738. The number of para-hydroxylation sites is 3. The summed E-state index contributed by atoms with van der Waals surface area (Å²) in [6.07, 6.45) is 0. The van der Waals surface area contributed by atoms with Crippen molar-refractivity contribution < 1.29 is 9.53 Å². The summed E-state index contributed by atoms with van der Waals surface area (Å²) in [6, 6.07) is 24.5. The number of aromatic amines is 1. The van der Waals surface area contributed by atoms with Crippen molar-refractivity contribution in [1.29, 1.82) is 0 Å². The maximum Gasteiger partial charge on any atom is 0.257 e. The van der Waals surface area contributed by atoms with Gasteiger partial charge >= 0.3 is 0 Å². The van der Waals surface area contributed by atoms with E-state index in [2.05, 4.69) is 10.2 Å². The Bertz CT molecular complexity index is 1110. The zero-order chi connectivity index (χ0) is 19.5. The lowest BCUT2D eigenvalue weighted by atomic mass is 10.1. The highest BCUT2D eigenvalue weighted by Crippen LogP contribution is 2.30. The van der Waals surface area contributed by atoms with E-state index in [0.29, 0.717) is 17.1 Å². The van der Waals surface area contributed by atoms with E-state index in [4.69, 9.17) is 4.74 Å². The molecule has 1 heterocycles. The molecule has 1 atom stereocenters. The molecule has 0 radical (unpaired) electrons. The Kier molecular flexibility index (Phi) is 4.81. The van der Waals surface area contributed by atoms with Gasteiger partial charge in [-0.1, -0.05) is 48.5 Å². The van der Waals surface area contributed by atoms with Crippen LogP contribution in [0.2, 0.25) is 0 Å². The van der Waals surface area contributed by atoms with Crippen LogP contribution in [0.1, 0.15) is 29.0 Å². The fourth-order valence-corrected chi connectivity index (χ4v) is 3.21. The van der Waals surface area contributed by atoms with Crippen molar-refractivity contribution in [2.75, 3.05) is 7.05 Å². The minimum absolute atomic E-state index is 0.113. The van der Waals surface area contributed by atoms with Crippen molar-refractivity contribution in [2.45, 2.75) is 13.0 Å². The molecule has 1 N–H and O–H groups in total. The van der Waals surface area contributed by atoms with Gasteiger partial charge in [-0.15, -0.1) is 0 Å². The van der Waals surface area contributed by atoms with Crippen LogP contribution < -0.4 is 4.74 Å². The Balaban J connectivity index is 1.62. The number of amides is 1. The zero-order valence-corrected chi connectivity index (χ0v) is 15.8. The van der Waals surface area contributed by atoms with Gasteiger partial charge in [0.05, 0.1) is 22.8 Å². The molecule has 0 aliphatic carbocycles. The number of benzene rings is 3. The van der Waals surface area contributed by atoms with E-state index in [0.717, 1.165) is 16.6 Å². The third-order valence-electron chi connectivity index (χ3n) is 4.90. The van der Waals surface area contributed by atoms with Crippen LogP contribution in [-0.4, -0.2) is 28.1 Å². The zero-order valence-electron chi connectivity index (χ0n) is 15.8. The number of H-pyrrole nitrogens is 1. The molecule has 140 valence electrons. The van der Waals surface area contributed by atoms with Crippen LogP contribution in [-0.2, 0) is 0 Å². The second-order valence-corrected chi connectivity index (χ2v) is 6.66. The first-order valence-corrected chi connectivity index (χ1v) is 9.17. The molecule has 4 rings (SSSR count). The molecule has 4 aromatic rings. The molecule has 5 nitrogen and oxygen atoms in total. The number of carbonyl (C=O) groups is 1. The van der Waals surface area contributed by atoms with Crippen LogP contribution in [0, 0.1) is 0 Å². The topological polar surface area (TPSA) is 58.2 Å². The first-order valence-electron chi connectivity index (χ1n) is 9.17. The number of nitrogens with zero attached hydrogens (tertiary/aromatic N) is 2. The monoisotopic (exact) mass is 371 g/mol. The van der Waals surface area contributed by atoms with Gasteiger partial charge in [0.15, 0.2) is 0 Å². The molecule has 0 spiro atoms. The highest BCUT2D eigenvalue weighted by Gasteiger charge is 2.24. The summed E-state index contributed by atoms with van der Waals surface area (Å²) in [5.41, 5.74) is 2.32. The molecular weight excluding hydrogens is 350 g/mol. The second-order valence-electron chi connectivity index (χ2n) is 6.66. The Hall–Kier alpha value is -3.60. The van der Waals surface area contributed by atoms with Gasteiger partial charge in [0.25, 0.3) is 5.91 Å². The molecule has 0 saturated heterocycles. The summed E-state index contributed by atoms with van der Waals surface area (Å²) in [6.45, 7) is 1.98. The summed E-state index contributed by atoms with van der Waals surface area (Å²) in [4.78, 5) is 14.9. The minimum atomic E-state index is -0.176. The smallest absolute Gasteiger partial charge is 0.257 e. The van der Waals surface area contributed by atoms with Gasteiger partial charge in [-0.2, -0.15) is 5.10 Å². The van der Waals surface area contributed by atoms with Gasteiger partial charge in [-0.3, -0.25) is 9.89 Å². The van der Waals surface area contributed by atoms with Crippen molar-refractivity contribution >= 4 is 16.8 Å². The van der Waals surface area contributed by atoms with Gasteiger partial charge in [0, 0.05) is 12.4 Å². The summed E-state index contributed by atoms with van der Waals surface area (Å²) in [5, 5.41) is 8.44. The first kappa shape index (κ1) is 17.8. The van der Waals surface area contributed by atoms with Crippen LogP contribution in [0.3, 0.4) is 0 Å². The lowest BCUT2D eigenvalue weighted by Gasteiger charge is -2.25. The average molecular weight is 371 g/mol. The van der Waals surface area contributed by atoms with Crippen LogP contribution in [0.25, 0.3) is 10.9 Å². The molecule has 0 bridgehead atoms. The standard InChI is InChI=1S/C23H21N3O2/c1-16(22-18-12-6-8-14-20(18)24-25-22)26(2)23(27)19-13-7-9-15-21(19)28-17-10-4-3-5-11-17/h3-16H,1-2H3,(H,24,25). The second kappa shape index (κ2) is 7.56. The van der Waals surface area contributed by atoms with Crippen molar-refractivity contribution in [3.05, 3.63) is 90.1 Å². The normalized spacial score (nSPS) is 11.9. The van der Waals surface area contributed by atoms with E-state index >= 15 is 0 Å². The highest BCUT2D eigenvalue weighted by molar-refractivity contribution is 5.97. The summed E-state index contributed by atoms with van der Waals surface area (Å²) >= 11 is 0. The number of aromatic nitrogens is 2. The number of carbonyl (C=O) groups excluding carboxylic acids is 1. The van der Waals surface area contributed by atoms with Crippen LogP contribution in [0.5, 0.6) is 11.5 Å². The van der Waals surface area contributed by atoms with E-state index in [1.54, 1.807) is 18.0 Å². The van der Waals surface area contributed by atoms with E-state index < -0.39 is 0 Å². The number of fused-ring (bicyclic) bond motifs is 1. The SMILES string of the molecule is CC(c1[nH]nc2ccccc12)N(C)C(=O)c1ccccc1Oc1ccccc1. The van der Waals surface area contributed by atoms with Gasteiger partial charge in [-0.25, -0.2) is 0 Å². The van der Waals surface area contributed by atoms with Crippen molar-refractivity contribution in [3.8, 4) is 11.5 Å². The Morgan fingerprint density at radius 1 is 0.964 bits per heavy atom. The van der Waals surface area contributed by atoms with E-state index in [1.165, 1.54) is 0 Å². The molecule has 28 heavy (non-hydrogen) atoms. The summed E-state index contributed by atoms with van der Waals surface area (Å²) in [5.74, 6) is 1.11. The number of rotatable bonds is 5. The predicted molar refractivity (Wildman–Crippen MR) is 110 cm³/mol. The first-order chi connectivity index (χ1) is 13.6. The third kappa shape index (κ3) is 3.34. The van der Waals surface area contributed by atoms with Gasteiger partial charge in [0.1, 0.15) is 11.5 Å². The molecule has 0 aliphatic heterocycles. The predicted octanol–water partition coefficient (Wildman–Crippen LogP) is 5.19. The molecular formula is C23H21N3O2. The van der Waals surface area contributed by atoms with Crippen molar-refractivity contribution in [2.24, 2.45) is 0 Å². The van der Waals surface area contributed by atoms with Crippen molar-refractivity contribution in [1.82, 2.24) is 15.1 Å². The lowest BCUT2D eigenvalue weighted by Crippen LogP contribution is -2.30. The number of hydrogen-bond donors (Lipinski definition) is 1. The maximum absolute atomic E-state index is 13.2. The van der Waals surface area contributed by atoms with Gasteiger partial charge in [-0.05, 0) is 37.3 Å². The van der Waals surface area contributed by atoms with E-state index in [9.17, 15) is 4.79 Å². The van der Waals surface area contributed by atoms with Gasteiger partial charge < -0.3 is 9.64 Å². The van der Waals surface area contributed by atoms with Crippen LogP contribution in [0.15, 0.2) is 78.9 Å². The molecule has 1 unspecified atom stereocenters. The van der Waals surface area contributed by atoms with Crippen molar-refractivity contribution in [3.63, 3.8) is 0 Å². The number of hydrogen-bond acceptors (Lipinski definition) is 3. The average Bonchev–Trinajstić information content (AvgIpc) is 3.17. The number of nitrogens with one attached hydrogen (secondary N) is 1. The maximum atomic E-state index is 13.2. The molecule has 5 heteroatoms. The van der Waals surface area contributed by atoms with E-state index in [1.807, 2.05) is 79.7 Å². The summed E-state index contributed by atoms with van der Waals surface area (Å²) in [7, 11) is 1.79. The van der Waals surface area contributed by atoms with Gasteiger partial charge in [0.2, 0.25) is 0 Å². The third-order valence-corrected chi connectivity index (χ3v) is 4.90. The quantitative estimate of drug-likeness (QED) is 0.525. The fraction of sp³-hybridized carbons (Fsp3) is 0.130. The molecule has 0 saturated carbocycles. The fourth-order valence-electron chi connectivity index (χ4n) is 3.21. The Morgan fingerprint density at radius 2 is 1.64 bits per heavy atom. The Labute approximate surface area is 163 Å². The highest BCUT2D eigenvalue weighted by atomic mass is 16.5. The van der Waals surface area contributed by atoms with Crippen LogP contribution >= 0.6 is 0 Å². The largest absolute Gasteiger partial charge is 0.457 e.